The molecule has 0 fully saturated rings. The molecule has 104 valence electrons. The van der Waals surface area contributed by atoms with E-state index >= 15 is 0 Å². The molecule has 0 aromatic carbocycles. The molecule has 0 atom stereocenters. The van der Waals surface area contributed by atoms with E-state index in [-0.39, 0.29) is 5.78 Å². The Hall–Kier alpha value is -1.46. The summed E-state index contributed by atoms with van der Waals surface area (Å²) in [6.07, 6.45) is 1.60. The van der Waals surface area contributed by atoms with Crippen LogP contribution in [0.5, 0.6) is 0 Å². The van der Waals surface area contributed by atoms with Crippen LogP contribution in [-0.2, 0) is 9.53 Å². The highest BCUT2D eigenvalue weighted by Crippen LogP contribution is 2.27. The third kappa shape index (κ3) is 4.96. The first-order valence-corrected chi connectivity index (χ1v) is 6.85. The van der Waals surface area contributed by atoms with Crippen LogP contribution in [0.15, 0.2) is 41.0 Å². The van der Waals surface area contributed by atoms with E-state index in [9.17, 15) is 4.79 Å². The summed E-state index contributed by atoms with van der Waals surface area (Å²) in [5, 5.41) is 0.758. The van der Waals surface area contributed by atoms with Gasteiger partial charge in [-0.25, -0.2) is 0 Å². The van der Waals surface area contributed by atoms with Crippen molar-refractivity contribution in [2.75, 3.05) is 26.0 Å². The second kappa shape index (κ2) is 7.86. The van der Waals surface area contributed by atoms with Gasteiger partial charge in [-0.1, -0.05) is 13.2 Å². The lowest BCUT2D eigenvalue weighted by Crippen LogP contribution is -2.23. The van der Waals surface area contributed by atoms with Gasteiger partial charge in [0.1, 0.15) is 11.5 Å². The molecule has 0 saturated carbocycles. The molecule has 0 aliphatic carbocycles. The van der Waals surface area contributed by atoms with Crippen molar-refractivity contribution in [2.45, 2.75) is 6.92 Å². The van der Waals surface area contributed by atoms with Gasteiger partial charge in [-0.2, -0.15) is 0 Å². The van der Waals surface area contributed by atoms with Crippen molar-refractivity contribution >= 4 is 23.2 Å². The van der Waals surface area contributed by atoms with Crippen molar-refractivity contribution in [3.8, 4) is 0 Å². The van der Waals surface area contributed by atoms with Crippen molar-refractivity contribution < 1.29 is 13.9 Å². The summed E-state index contributed by atoms with van der Waals surface area (Å²) in [5.41, 5.74) is 0.711. The lowest BCUT2D eigenvalue weighted by atomic mass is 10.3. The highest BCUT2D eigenvalue weighted by Gasteiger charge is 2.15. The fraction of sp³-hybridized carbons (Fsp3) is 0.357. The molecule has 0 N–H and O–H groups in total. The molecule has 5 heteroatoms. The molecule has 1 heterocycles. The Balaban J connectivity index is 2.73. The molecule has 1 aromatic rings. The molecule has 0 aliphatic heterocycles. The van der Waals surface area contributed by atoms with E-state index < -0.39 is 0 Å². The third-order valence-corrected chi connectivity index (χ3v) is 3.50. The molecule has 1 aromatic heterocycles. The molecule has 0 spiro atoms. The van der Waals surface area contributed by atoms with Gasteiger partial charge in [0.15, 0.2) is 0 Å². The highest BCUT2D eigenvalue weighted by atomic mass is 32.2. The van der Waals surface area contributed by atoms with E-state index in [0.717, 1.165) is 5.03 Å². The van der Waals surface area contributed by atoms with Gasteiger partial charge >= 0.3 is 0 Å². The topological polar surface area (TPSA) is 42.7 Å². The Morgan fingerprint density at radius 3 is 2.79 bits per heavy atom. The Bertz CT molecular complexity index is 440. The lowest BCUT2D eigenvalue weighted by Gasteiger charge is -2.26. The summed E-state index contributed by atoms with van der Waals surface area (Å²) in [7, 11) is 1.64. The largest absolute Gasteiger partial charge is 0.463 e. The number of carbonyl (C=O) groups is 1. The van der Waals surface area contributed by atoms with Crippen molar-refractivity contribution in [3.63, 3.8) is 0 Å². The summed E-state index contributed by atoms with van der Waals surface area (Å²) < 4.78 is 10.4. The molecule has 19 heavy (non-hydrogen) atoms. The zero-order valence-corrected chi connectivity index (χ0v) is 12.2. The Morgan fingerprint density at radius 1 is 1.53 bits per heavy atom. The first-order chi connectivity index (χ1) is 9.06. The van der Waals surface area contributed by atoms with E-state index in [0.29, 0.717) is 30.4 Å². The minimum Gasteiger partial charge on any atom is -0.463 e. The van der Waals surface area contributed by atoms with Gasteiger partial charge in [0, 0.05) is 13.7 Å². The van der Waals surface area contributed by atoms with Crippen LogP contribution in [0, 0.1) is 0 Å². The van der Waals surface area contributed by atoms with Crippen molar-refractivity contribution in [1.82, 2.24) is 4.90 Å². The molecule has 0 saturated heterocycles. The minimum atomic E-state index is 0.112. The second-order valence-corrected chi connectivity index (χ2v) is 5.00. The fourth-order valence-corrected chi connectivity index (χ4v) is 2.16. The third-order valence-electron chi connectivity index (χ3n) is 2.39. The molecule has 0 unspecified atom stereocenters. The summed E-state index contributed by atoms with van der Waals surface area (Å²) in [6, 6.07) is 3.64. The highest BCUT2D eigenvalue weighted by molar-refractivity contribution is 8.03. The average Bonchev–Trinajstić information content (AvgIpc) is 2.90. The summed E-state index contributed by atoms with van der Waals surface area (Å²) in [4.78, 5) is 12.9. The van der Waals surface area contributed by atoms with Gasteiger partial charge in [-0.15, -0.1) is 11.8 Å². The van der Waals surface area contributed by atoms with Gasteiger partial charge in [-0.3, -0.25) is 4.79 Å². The second-order valence-electron chi connectivity index (χ2n) is 3.95. The maximum absolute atomic E-state index is 11.0. The number of furan rings is 1. The van der Waals surface area contributed by atoms with Gasteiger partial charge in [-0.05, 0) is 19.1 Å². The van der Waals surface area contributed by atoms with E-state index in [2.05, 4.69) is 13.2 Å². The van der Waals surface area contributed by atoms with E-state index in [1.165, 1.54) is 11.8 Å². The zero-order chi connectivity index (χ0) is 14.3. The van der Waals surface area contributed by atoms with Crippen LogP contribution in [0.4, 0.5) is 0 Å². The van der Waals surface area contributed by atoms with Crippen molar-refractivity contribution in [1.29, 1.82) is 0 Å². The van der Waals surface area contributed by atoms with Gasteiger partial charge in [0.05, 0.1) is 29.3 Å². The van der Waals surface area contributed by atoms with Crippen LogP contribution < -0.4 is 0 Å². The van der Waals surface area contributed by atoms with Crippen molar-refractivity contribution in [2.24, 2.45) is 0 Å². The first-order valence-electron chi connectivity index (χ1n) is 5.86. The maximum atomic E-state index is 11.0. The smallest absolute Gasteiger partial charge is 0.149 e. The molecular weight excluding hydrogens is 262 g/mol. The Labute approximate surface area is 118 Å². The van der Waals surface area contributed by atoms with Crippen LogP contribution in [0.2, 0.25) is 0 Å². The normalized spacial score (nSPS) is 10.2. The summed E-state index contributed by atoms with van der Waals surface area (Å²) in [6.45, 7) is 10.7. The van der Waals surface area contributed by atoms with Crippen LogP contribution in [0.3, 0.4) is 0 Å². The predicted molar refractivity (Wildman–Crippen MR) is 78.6 cm³/mol. The Kier molecular flexibility index (Phi) is 6.45. The number of thioether (sulfide) groups is 1. The minimum absolute atomic E-state index is 0.112. The lowest BCUT2D eigenvalue weighted by molar-refractivity contribution is -0.114. The number of hydrogen-bond acceptors (Lipinski definition) is 5. The van der Waals surface area contributed by atoms with Crippen LogP contribution in [0.1, 0.15) is 12.7 Å². The van der Waals surface area contributed by atoms with Crippen LogP contribution in [-0.4, -0.2) is 36.7 Å². The number of rotatable bonds is 9. The Morgan fingerprint density at radius 2 is 2.26 bits per heavy atom. The summed E-state index contributed by atoms with van der Waals surface area (Å²) >= 11 is 1.39. The number of ether oxygens (including phenoxy) is 1. The number of carbonyl (C=O) groups excluding carboxylic acids is 1. The van der Waals surface area contributed by atoms with E-state index in [4.69, 9.17) is 9.15 Å². The van der Waals surface area contributed by atoms with Gasteiger partial charge in [0.2, 0.25) is 0 Å². The number of ketones is 1. The molecule has 4 nitrogen and oxygen atoms in total. The number of nitrogens with zero attached hydrogens (tertiary/aromatic N) is 1. The molecule has 1 rings (SSSR count). The molecule has 0 radical (unpaired) electrons. The predicted octanol–water partition coefficient (Wildman–Crippen LogP) is 2.99. The van der Waals surface area contributed by atoms with Crippen molar-refractivity contribution in [3.05, 3.63) is 42.3 Å². The van der Waals surface area contributed by atoms with Gasteiger partial charge in [0.25, 0.3) is 0 Å². The molecule has 0 bridgehead atoms. The van der Waals surface area contributed by atoms with Crippen LogP contribution >= 0.6 is 11.8 Å². The SMILES string of the molecule is C=C(SCC(C)=O)N(CCOC)C(=C)c1ccco1. The van der Waals surface area contributed by atoms with E-state index in [1.54, 1.807) is 26.4 Å². The zero-order valence-electron chi connectivity index (χ0n) is 11.3. The van der Waals surface area contributed by atoms with E-state index in [1.807, 2.05) is 11.0 Å². The summed E-state index contributed by atoms with van der Waals surface area (Å²) in [5.74, 6) is 1.19. The molecule has 0 aliphatic rings. The molecular formula is C14H19NO3S. The average molecular weight is 281 g/mol. The van der Waals surface area contributed by atoms with Gasteiger partial charge < -0.3 is 14.1 Å². The number of hydrogen-bond donors (Lipinski definition) is 0. The monoisotopic (exact) mass is 281 g/mol. The first kappa shape index (κ1) is 15.6. The quantitative estimate of drug-likeness (QED) is 0.696. The van der Waals surface area contributed by atoms with Crippen LogP contribution in [0.25, 0.3) is 5.70 Å². The maximum Gasteiger partial charge on any atom is 0.149 e. The standard InChI is InChI=1S/C14H19NO3S/c1-11(16)10-19-13(3)15(7-9-17-4)12(2)14-6-5-8-18-14/h5-6,8H,2-3,7,9-10H2,1,4H3. The molecule has 0 amide bonds. The number of methoxy groups -OCH3 is 1. The number of Topliss-reactive ketones (excluding diaryl/α,β-unsaturated/α-hetero) is 1. The fourth-order valence-electron chi connectivity index (χ4n) is 1.43.